The summed E-state index contributed by atoms with van der Waals surface area (Å²) in [7, 11) is 4.73. The van der Waals surface area contributed by atoms with Gasteiger partial charge in [0.15, 0.2) is 0 Å². The molecule has 0 amide bonds. The van der Waals surface area contributed by atoms with Crippen LogP contribution in [0.2, 0.25) is 6.82 Å². The fourth-order valence-corrected chi connectivity index (χ4v) is 2.09. The van der Waals surface area contributed by atoms with Crippen molar-refractivity contribution in [2.45, 2.75) is 45.1 Å². The third-order valence-electron chi connectivity index (χ3n) is 2.85. The van der Waals surface area contributed by atoms with Gasteiger partial charge in [-0.25, -0.2) is 12.5 Å². The molecular weight excluding hydrogens is 288 g/mol. The second kappa shape index (κ2) is 9.99. The monoisotopic (exact) mass is 315 g/mol. The molecule has 0 aromatic carbocycles. The van der Waals surface area contributed by atoms with Crippen molar-refractivity contribution in [3.8, 4) is 0 Å². The molecule has 0 aromatic heterocycles. The molecular formula is C9H24B2O4P2S. The average molecular weight is 315 g/mol. The van der Waals surface area contributed by atoms with E-state index < -0.39 is 6.10 Å². The highest BCUT2D eigenvalue weighted by molar-refractivity contribution is 8.20. The topological polar surface area (TPSA) is 58.9 Å². The van der Waals surface area contributed by atoms with Gasteiger partial charge in [0.1, 0.15) is 6.10 Å². The zero-order valence-electron chi connectivity index (χ0n) is 13.0. The fourth-order valence-electron chi connectivity index (χ4n) is 1.91. The van der Waals surface area contributed by atoms with Crippen LogP contribution in [0.3, 0.4) is 0 Å². The molecule has 1 aliphatic rings. The highest BCUT2D eigenvalue weighted by Crippen LogP contribution is 2.28. The van der Waals surface area contributed by atoms with Crippen molar-refractivity contribution in [2.24, 2.45) is 5.92 Å². The lowest BCUT2D eigenvalue weighted by molar-refractivity contribution is -0.191. The van der Waals surface area contributed by atoms with Crippen LogP contribution in [0.15, 0.2) is 0 Å². The Morgan fingerprint density at radius 3 is 2.72 bits per heavy atom. The minimum atomic E-state index is -0.639. The number of hydrogen-bond donors (Lipinski definition) is 3. The van der Waals surface area contributed by atoms with E-state index in [0.717, 1.165) is 0 Å². The van der Waals surface area contributed by atoms with Crippen molar-refractivity contribution in [2.75, 3.05) is 6.61 Å². The van der Waals surface area contributed by atoms with Crippen LogP contribution in [-0.4, -0.2) is 56.9 Å². The van der Waals surface area contributed by atoms with Crippen molar-refractivity contribution >= 4 is 43.6 Å². The van der Waals surface area contributed by atoms with Crippen LogP contribution in [0.4, 0.5) is 0 Å². The van der Waals surface area contributed by atoms with Crippen molar-refractivity contribution < 1.29 is 19.6 Å². The first-order valence-electron chi connectivity index (χ1n) is 6.87. The molecule has 1 heterocycles. The Kier molecular flexibility index (Phi) is 8.64. The summed E-state index contributed by atoms with van der Waals surface area (Å²) in [5.41, 5.74) is 0. The van der Waals surface area contributed by atoms with Crippen LogP contribution in [0.25, 0.3) is 0 Å². The largest absolute Gasteiger partial charge is 0.426 e. The molecule has 0 spiro atoms. The zero-order valence-corrected chi connectivity index (χ0v) is 14.2. The summed E-state index contributed by atoms with van der Waals surface area (Å²) in [6.07, 6.45) is -1.73. The summed E-state index contributed by atoms with van der Waals surface area (Å²) in [4.78, 5) is 0. The van der Waals surface area contributed by atoms with Gasteiger partial charge < -0.3 is 19.6 Å². The van der Waals surface area contributed by atoms with Gasteiger partial charge in [0, 0.05) is 5.92 Å². The first kappa shape index (κ1) is 15.6. The molecule has 2 N–H and O–H groups in total. The first-order valence-corrected chi connectivity index (χ1v) is 7.74. The Hall–Kier alpha value is 1.18. The Labute approximate surface area is 124 Å². The van der Waals surface area contributed by atoms with Gasteiger partial charge in [-0.1, -0.05) is 13.7 Å². The van der Waals surface area contributed by atoms with Crippen LogP contribution < -0.4 is 0 Å². The number of aliphatic hydroxyl groups is 2. The van der Waals surface area contributed by atoms with Crippen LogP contribution in [-0.2, 0) is 9.39 Å². The molecule has 106 valence electrons. The van der Waals surface area contributed by atoms with Crippen LogP contribution in [0.1, 0.15) is 13.8 Å². The highest BCUT2D eigenvalue weighted by Gasteiger charge is 2.41. The van der Waals surface area contributed by atoms with E-state index in [2.05, 4.69) is 35.8 Å². The Balaban J connectivity index is 0.000000796. The quantitative estimate of drug-likeness (QED) is 0.394. The second-order valence-corrected chi connectivity index (χ2v) is 6.48. The molecule has 1 fully saturated rings. The van der Waals surface area contributed by atoms with E-state index >= 15 is 0 Å². The summed E-state index contributed by atoms with van der Waals surface area (Å²) >= 11 is 3.60. The average Bonchev–Trinajstić information content (AvgIpc) is 2.31. The maximum atomic E-state index is 10.00. The molecule has 1 aliphatic heterocycles. The van der Waals surface area contributed by atoms with Crippen molar-refractivity contribution in [1.82, 2.24) is 0 Å². The van der Waals surface area contributed by atoms with Gasteiger partial charge in [-0.15, -0.1) is 9.12 Å². The number of hydrogen-bond acceptors (Lipinski definition) is 5. The van der Waals surface area contributed by atoms with Gasteiger partial charge >= 0.3 is 6.64 Å². The van der Waals surface area contributed by atoms with E-state index in [9.17, 15) is 5.11 Å². The van der Waals surface area contributed by atoms with Crippen LogP contribution in [0, 0.1) is 5.92 Å². The van der Waals surface area contributed by atoms with Crippen LogP contribution >= 0.6 is 30.7 Å². The predicted octanol–water partition coefficient (Wildman–Crippen LogP) is 0.199. The van der Waals surface area contributed by atoms with E-state index in [0.29, 0.717) is 0 Å². The lowest BCUT2D eigenvalue weighted by Gasteiger charge is -2.42. The molecule has 0 aromatic rings. The second-order valence-electron chi connectivity index (χ2n) is 4.35. The van der Waals surface area contributed by atoms with Gasteiger partial charge in [0.25, 0.3) is 0 Å². The van der Waals surface area contributed by atoms with Crippen molar-refractivity contribution in [1.29, 1.82) is 2.77 Å². The van der Waals surface area contributed by atoms with E-state index in [-0.39, 0.29) is 43.7 Å². The minimum absolute atomic E-state index is 0.000417. The normalized spacial score (nSPS) is 36.9. The summed E-state index contributed by atoms with van der Waals surface area (Å²) in [5, 5.41) is 14.4. The maximum absolute atomic E-state index is 10.00. The van der Waals surface area contributed by atoms with Gasteiger partial charge in [0.2, 0.25) is 7.67 Å². The molecule has 9 heteroatoms. The lowest BCUT2D eigenvalue weighted by Crippen LogP contribution is -2.55. The summed E-state index contributed by atoms with van der Waals surface area (Å²) < 4.78 is 24.4. The van der Waals surface area contributed by atoms with E-state index in [1.165, 1.54) is 0 Å². The van der Waals surface area contributed by atoms with Gasteiger partial charge in [0.05, 0.1) is 24.9 Å². The molecule has 18 heavy (non-hydrogen) atoms. The third-order valence-corrected chi connectivity index (χ3v) is 3.00. The molecule has 7 unspecified atom stereocenters. The zero-order chi connectivity index (χ0) is 15.9. The summed E-state index contributed by atoms with van der Waals surface area (Å²) in [6, 6.07) is 0. The Bertz CT molecular complexity index is 269. The van der Waals surface area contributed by atoms with Crippen molar-refractivity contribution in [3.05, 3.63) is 0 Å². The number of thiol groups is 1. The third kappa shape index (κ3) is 6.09. The van der Waals surface area contributed by atoms with E-state index in [1.54, 1.807) is 6.92 Å². The molecule has 0 aliphatic carbocycles. The summed E-state index contributed by atoms with van der Waals surface area (Å²) in [5.74, 6) is -0.000417. The molecule has 1 rings (SSSR count). The number of rotatable bonds is 4. The predicted molar refractivity (Wildman–Crippen MR) is 88.6 cm³/mol. The van der Waals surface area contributed by atoms with E-state index in [4.69, 9.17) is 12.2 Å². The number of aliphatic hydroxyl groups excluding tert-OH is 2. The molecule has 7 atom stereocenters. The smallest absolute Gasteiger partial charge is 0.312 e. The molecule has 1 saturated heterocycles. The molecule has 0 bridgehead atoms. The molecule has 0 saturated carbocycles. The Morgan fingerprint density at radius 2 is 2.28 bits per heavy atom. The fraction of sp³-hybridized carbons (Fsp3) is 1.00. The summed E-state index contributed by atoms with van der Waals surface area (Å²) in [6.45, 7) is 5.82. The first-order chi connectivity index (χ1) is 9.20. The van der Waals surface area contributed by atoms with Crippen molar-refractivity contribution in [3.63, 3.8) is 0 Å². The van der Waals surface area contributed by atoms with E-state index in [1.807, 2.05) is 13.7 Å². The molecule has 4 nitrogen and oxygen atoms in total. The Morgan fingerprint density at radius 1 is 1.72 bits per heavy atom. The van der Waals surface area contributed by atoms with Gasteiger partial charge in [-0.2, -0.15) is 9.12 Å². The highest BCUT2D eigenvalue weighted by atomic mass is 32.1. The molecule has 0 radical (unpaired) electrons. The van der Waals surface area contributed by atoms with Gasteiger partial charge in [-0.3, -0.25) is 0 Å². The standard InChI is InChI=1S/C9H20BO4P.BH4PS/c1-5-7(4-11)13-6(2)8(12)9(5)14-10(3)15;2-1-3/h5-9,11-12H,4,15H2,1-3H3;1,3H,2H2/i11T;1D. The number of ether oxygens (including phenoxy) is 1. The SMILES string of the molecule is [2H]B(P)S.[3H]OCC1OC(C)C(O)C(OB(C)P)C1C. The maximum Gasteiger partial charge on any atom is 0.312 e. The lowest BCUT2D eigenvalue weighted by atomic mass is 9.87. The van der Waals surface area contributed by atoms with Crippen LogP contribution in [0.5, 0.6) is 0 Å². The minimum Gasteiger partial charge on any atom is -0.426 e. The van der Waals surface area contributed by atoms with Gasteiger partial charge in [-0.05, 0) is 8.26 Å².